The van der Waals surface area contributed by atoms with E-state index in [1.165, 1.54) is 0 Å². The van der Waals surface area contributed by atoms with Crippen molar-refractivity contribution in [2.24, 2.45) is 5.73 Å². The molecule has 17 heavy (non-hydrogen) atoms. The Balaban J connectivity index is 3.05. The second kappa shape index (κ2) is 6.63. The molecule has 0 aliphatic heterocycles. The van der Waals surface area contributed by atoms with Gasteiger partial charge >= 0.3 is 0 Å². The first-order chi connectivity index (χ1) is 8.10. The topological polar surface area (TPSA) is 53.0 Å². The number of rotatable bonds is 5. The molecule has 1 unspecified atom stereocenters. The smallest absolute Gasteiger partial charge is 0.0640 e. The number of hydrogen-bond acceptors (Lipinski definition) is 3. The van der Waals surface area contributed by atoms with Crippen LogP contribution in [0.4, 0.5) is 5.69 Å². The minimum Gasteiger partial charge on any atom is -0.371 e. The summed E-state index contributed by atoms with van der Waals surface area (Å²) in [4.78, 5) is 2.19. The molecule has 92 valence electrons. The SMILES string of the molecule is CCN(CCC#N)c1ccc(Br)cc1C(C)N. The van der Waals surface area contributed by atoms with Crippen LogP contribution in [0.15, 0.2) is 22.7 Å². The molecule has 0 aliphatic rings. The van der Waals surface area contributed by atoms with Crippen LogP contribution in [0.5, 0.6) is 0 Å². The molecule has 3 nitrogen and oxygen atoms in total. The molecule has 1 atom stereocenters. The molecule has 0 saturated carbocycles. The predicted molar refractivity (Wildman–Crippen MR) is 74.9 cm³/mol. The fourth-order valence-electron chi connectivity index (χ4n) is 1.81. The Morgan fingerprint density at radius 1 is 1.53 bits per heavy atom. The monoisotopic (exact) mass is 295 g/mol. The fourth-order valence-corrected chi connectivity index (χ4v) is 2.19. The number of nitrogens with two attached hydrogens (primary N) is 1. The predicted octanol–water partition coefficient (Wildman–Crippen LogP) is 3.21. The normalized spacial score (nSPS) is 11.9. The van der Waals surface area contributed by atoms with Gasteiger partial charge in [-0.1, -0.05) is 15.9 Å². The van der Waals surface area contributed by atoms with Gasteiger partial charge in [-0.15, -0.1) is 0 Å². The molecule has 4 heteroatoms. The van der Waals surface area contributed by atoms with Crippen molar-refractivity contribution in [2.75, 3.05) is 18.0 Å². The lowest BCUT2D eigenvalue weighted by atomic mass is 10.1. The van der Waals surface area contributed by atoms with E-state index in [-0.39, 0.29) is 6.04 Å². The van der Waals surface area contributed by atoms with Gasteiger partial charge in [0.05, 0.1) is 12.5 Å². The molecule has 0 spiro atoms. The van der Waals surface area contributed by atoms with E-state index in [2.05, 4.69) is 46.0 Å². The van der Waals surface area contributed by atoms with Gasteiger partial charge in [-0.2, -0.15) is 5.26 Å². The number of benzene rings is 1. The Kier molecular flexibility index (Phi) is 5.46. The minimum atomic E-state index is -0.0152. The zero-order chi connectivity index (χ0) is 12.8. The molecule has 0 aliphatic carbocycles. The van der Waals surface area contributed by atoms with E-state index in [1.807, 2.05) is 13.0 Å². The fraction of sp³-hybridized carbons (Fsp3) is 0.462. The standard InChI is InChI=1S/C13H18BrN3/c1-3-17(8-4-7-15)13-6-5-11(14)9-12(13)10(2)16/h5-6,9-10H,3-4,8,16H2,1-2H3. The van der Waals surface area contributed by atoms with Crippen LogP contribution in [0.1, 0.15) is 31.9 Å². The van der Waals surface area contributed by atoms with Crippen LogP contribution >= 0.6 is 15.9 Å². The van der Waals surface area contributed by atoms with Crippen LogP contribution in [-0.2, 0) is 0 Å². The lowest BCUT2D eigenvalue weighted by molar-refractivity contribution is 0.777. The van der Waals surface area contributed by atoms with Gasteiger partial charge in [-0.05, 0) is 37.6 Å². The van der Waals surface area contributed by atoms with Crippen LogP contribution in [0.25, 0.3) is 0 Å². The summed E-state index contributed by atoms with van der Waals surface area (Å²) in [6, 6.07) is 8.28. The third kappa shape index (κ3) is 3.72. The summed E-state index contributed by atoms with van der Waals surface area (Å²) in [6.07, 6.45) is 0.530. The van der Waals surface area contributed by atoms with E-state index in [4.69, 9.17) is 11.0 Å². The summed E-state index contributed by atoms with van der Waals surface area (Å²) < 4.78 is 1.03. The van der Waals surface area contributed by atoms with Crippen LogP contribution in [0, 0.1) is 11.3 Å². The molecule has 0 saturated heterocycles. The molecule has 0 fully saturated rings. The Labute approximate surface area is 111 Å². The Morgan fingerprint density at radius 2 is 2.24 bits per heavy atom. The molecule has 0 aromatic heterocycles. The largest absolute Gasteiger partial charge is 0.371 e. The lowest BCUT2D eigenvalue weighted by Gasteiger charge is -2.26. The van der Waals surface area contributed by atoms with Gasteiger partial charge < -0.3 is 10.6 Å². The molecule has 2 N–H and O–H groups in total. The van der Waals surface area contributed by atoms with Gasteiger partial charge in [-0.25, -0.2) is 0 Å². The average molecular weight is 296 g/mol. The number of nitriles is 1. The highest BCUT2D eigenvalue weighted by Crippen LogP contribution is 2.28. The molecule has 0 bridgehead atoms. The molecule has 0 amide bonds. The van der Waals surface area contributed by atoms with E-state index in [9.17, 15) is 0 Å². The summed E-state index contributed by atoms with van der Waals surface area (Å²) >= 11 is 3.46. The third-order valence-corrected chi connectivity index (χ3v) is 3.19. The maximum Gasteiger partial charge on any atom is 0.0640 e. The first-order valence-corrected chi connectivity index (χ1v) is 6.56. The van der Waals surface area contributed by atoms with Crippen molar-refractivity contribution in [3.63, 3.8) is 0 Å². The van der Waals surface area contributed by atoms with Crippen molar-refractivity contribution < 1.29 is 0 Å². The average Bonchev–Trinajstić information content (AvgIpc) is 2.31. The van der Waals surface area contributed by atoms with E-state index >= 15 is 0 Å². The van der Waals surface area contributed by atoms with Crippen LogP contribution < -0.4 is 10.6 Å². The molecular weight excluding hydrogens is 278 g/mol. The van der Waals surface area contributed by atoms with Gasteiger partial charge in [-0.3, -0.25) is 0 Å². The van der Waals surface area contributed by atoms with Gasteiger partial charge in [0.15, 0.2) is 0 Å². The van der Waals surface area contributed by atoms with Gasteiger partial charge in [0, 0.05) is 29.3 Å². The zero-order valence-electron chi connectivity index (χ0n) is 10.3. The number of halogens is 1. The van der Waals surface area contributed by atoms with Crippen molar-refractivity contribution in [3.8, 4) is 6.07 Å². The summed E-state index contributed by atoms with van der Waals surface area (Å²) in [5.74, 6) is 0. The summed E-state index contributed by atoms with van der Waals surface area (Å²) in [6.45, 7) is 5.69. The summed E-state index contributed by atoms with van der Waals surface area (Å²) in [5.41, 5.74) is 8.23. The van der Waals surface area contributed by atoms with Crippen molar-refractivity contribution in [1.82, 2.24) is 0 Å². The highest BCUT2D eigenvalue weighted by Gasteiger charge is 2.12. The Bertz CT molecular complexity index is 410. The van der Waals surface area contributed by atoms with Crippen LogP contribution in [-0.4, -0.2) is 13.1 Å². The van der Waals surface area contributed by atoms with Gasteiger partial charge in [0.1, 0.15) is 0 Å². The molecule has 1 aromatic carbocycles. The van der Waals surface area contributed by atoms with Crippen LogP contribution in [0.3, 0.4) is 0 Å². The maximum absolute atomic E-state index is 8.67. The lowest BCUT2D eigenvalue weighted by Crippen LogP contribution is -2.26. The number of anilines is 1. The summed E-state index contributed by atoms with van der Waals surface area (Å²) in [5, 5.41) is 8.67. The summed E-state index contributed by atoms with van der Waals surface area (Å²) in [7, 11) is 0. The van der Waals surface area contributed by atoms with Gasteiger partial charge in [0.2, 0.25) is 0 Å². The first-order valence-electron chi connectivity index (χ1n) is 5.77. The van der Waals surface area contributed by atoms with Crippen molar-refractivity contribution in [2.45, 2.75) is 26.3 Å². The van der Waals surface area contributed by atoms with E-state index in [0.29, 0.717) is 6.42 Å². The highest BCUT2D eigenvalue weighted by molar-refractivity contribution is 9.10. The second-order valence-corrected chi connectivity index (χ2v) is 4.90. The minimum absolute atomic E-state index is 0.0152. The van der Waals surface area contributed by atoms with Crippen molar-refractivity contribution in [3.05, 3.63) is 28.2 Å². The zero-order valence-corrected chi connectivity index (χ0v) is 11.9. The van der Waals surface area contributed by atoms with E-state index in [1.54, 1.807) is 0 Å². The maximum atomic E-state index is 8.67. The number of nitrogens with zero attached hydrogens (tertiary/aromatic N) is 2. The van der Waals surface area contributed by atoms with Gasteiger partial charge in [0.25, 0.3) is 0 Å². The second-order valence-electron chi connectivity index (χ2n) is 3.98. The van der Waals surface area contributed by atoms with E-state index in [0.717, 1.165) is 28.8 Å². The Hall–Kier alpha value is -1.05. The van der Waals surface area contributed by atoms with Crippen molar-refractivity contribution >= 4 is 21.6 Å². The number of hydrogen-bond donors (Lipinski definition) is 1. The third-order valence-electron chi connectivity index (χ3n) is 2.70. The van der Waals surface area contributed by atoms with E-state index < -0.39 is 0 Å². The molecular formula is C13H18BrN3. The quantitative estimate of drug-likeness (QED) is 0.907. The first kappa shape index (κ1) is 14.0. The highest BCUT2D eigenvalue weighted by atomic mass is 79.9. The van der Waals surface area contributed by atoms with Crippen molar-refractivity contribution in [1.29, 1.82) is 5.26 Å². The molecule has 1 aromatic rings. The van der Waals surface area contributed by atoms with Crippen LogP contribution in [0.2, 0.25) is 0 Å². The molecule has 1 rings (SSSR count). The molecule has 0 heterocycles. The Morgan fingerprint density at radius 3 is 2.76 bits per heavy atom. The molecule has 0 radical (unpaired) electrons.